The van der Waals surface area contributed by atoms with Crippen LogP contribution in [-0.4, -0.2) is 20.8 Å². The fourth-order valence-corrected chi connectivity index (χ4v) is 1.77. The first-order chi connectivity index (χ1) is 7.20. The average molecular weight is 230 g/mol. The third-order valence-electron chi connectivity index (χ3n) is 1.93. The van der Waals surface area contributed by atoms with Crippen LogP contribution in [0.25, 0.3) is 0 Å². The van der Waals surface area contributed by atoms with Crippen LogP contribution in [0.4, 0.5) is 0 Å². The fourth-order valence-electron chi connectivity index (χ4n) is 1.10. The van der Waals surface area contributed by atoms with Crippen LogP contribution in [0.15, 0.2) is 30.3 Å². The van der Waals surface area contributed by atoms with Crippen molar-refractivity contribution in [2.75, 3.05) is 20.8 Å². The van der Waals surface area contributed by atoms with E-state index in [9.17, 15) is 4.57 Å². The lowest BCUT2D eigenvalue weighted by Crippen LogP contribution is -1.99. The molecule has 1 aromatic carbocycles. The Labute approximate surface area is 89.8 Å². The first-order valence-corrected chi connectivity index (χ1v) is 6.06. The summed E-state index contributed by atoms with van der Waals surface area (Å²) in [5, 5.41) is 0. The second-order valence-electron chi connectivity index (χ2n) is 2.88. The summed E-state index contributed by atoms with van der Waals surface area (Å²) in [6.45, 7) is 0.309. The highest BCUT2D eigenvalue weighted by Gasteiger charge is 2.21. The molecule has 0 aliphatic carbocycles. The largest absolute Gasteiger partial charge is 0.474 e. The molecule has 0 N–H and O–H groups in total. The van der Waals surface area contributed by atoms with Crippen LogP contribution in [0.1, 0.15) is 5.56 Å². The summed E-state index contributed by atoms with van der Waals surface area (Å²) in [6, 6.07) is 9.80. The van der Waals surface area contributed by atoms with E-state index in [0.29, 0.717) is 13.0 Å². The molecule has 0 heterocycles. The lowest BCUT2D eigenvalue weighted by atomic mass is 10.2. The Balaban J connectivity index is 2.36. The van der Waals surface area contributed by atoms with Gasteiger partial charge in [0.2, 0.25) is 0 Å². The van der Waals surface area contributed by atoms with Crippen molar-refractivity contribution in [3.8, 4) is 0 Å². The van der Waals surface area contributed by atoms with Gasteiger partial charge in [-0.1, -0.05) is 30.3 Å². The Morgan fingerprint density at radius 1 is 1.13 bits per heavy atom. The number of hydrogen-bond acceptors (Lipinski definition) is 4. The van der Waals surface area contributed by atoms with Crippen molar-refractivity contribution in [1.29, 1.82) is 0 Å². The Hall–Kier alpha value is -0.670. The van der Waals surface area contributed by atoms with Gasteiger partial charge in [0, 0.05) is 14.2 Å². The zero-order chi connectivity index (χ0) is 11.1. The van der Waals surface area contributed by atoms with Gasteiger partial charge in [0.1, 0.15) is 0 Å². The predicted octanol–water partition coefficient (Wildman–Crippen LogP) is 2.65. The van der Waals surface area contributed by atoms with E-state index in [1.807, 2.05) is 30.3 Å². The predicted molar refractivity (Wildman–Crippen MR) is 57.7 cm³/mol. The number of phosphoric ester groups is 1. The summed E-state index contributed by atoms with van der Waals surface area (Å²) >= 11 is 0. The zero-order valence-electron chi connectivity index (χ0n) is 8.88. The Kier molecular flexibility index (Phi) is 4.99. The molecule has 1 rings (SSSR count). The van der Waals surface area contributed by atoms with Gasteiger partial charge >= 0.3 is 7.82 Å². The molecule has 0 spiro atoms. The molecule has 1 aromatic rings. The third-order valence-corrected chi connectivity index (χ3v) is 3.32. The van der Waals surface area contributed by atoms with Gasteiger partial charge in [0.25, 0.3) is 0 Å². The lowest BCUT2D eigenvalue weighted by molar-refractivity contribution is 0.153. The van der Waals surface area contributed by atoms with Gasteiger partial charge in [-0.2, -0.15) is 0 Å². The maximum atomic E-state index is 11.5. The number of phosphoric acid groups is 1. The highest BCUT2D eigenvalue weighted by molar-refractivity contribution is 7.48. The molecule has 4 nitrogen and oxygen atoms in total. The molecule has 84 valence electrons. The molecule has 0 atom stereocenters. The molecular formula is C10H15O4P. The minimum absolute atomic E-state index is 0.309. The van der Waals surface area contributed by atoms with Crippen LogP contribution >= 0.6 is 7.82 Å². The second-order valence-corrected chi connectivity index (χ2v) is 4.76. The standard InChI is InChI=1S/C10H15O4P/c1-12-15(11,13-2)14-9-8-10-6-4-3-5-7-10/h3-7H,8-9H2,1-2H3. The molecule has 0 amide bonds. The molecule has 0 radical (unpaired) electrons. The van der Waals surface area contributed by atoms with Crippen molar-refractivity contribution in [2.45, 2.75) is 6.42 Å². The molecule has 0 unspecified atom stereocenters. The fraction of sp³-hybridized carbons (Fsp3) is 0.400. The van der Waals surface area contributed by atoms with E-state index in [4.69, 9.17) is 4.52 Å². The van der Waals surface area contributed by atoms with Gasteiger partial charge in [0.05, 0.1) is 6.61 Å². The van der Waals surface area contributed by atoms with Crippen molar-refractivity contribution >= 4 is 7.82 Å². The van der Waals surface area contributed by atoms with E-state index in [0.717, 1.165) is 5.56 Å². The lowest BCUT2D eigenvalue weighted by Gasteiger charge is -2.12. The molecule has 0 aromatic heterocycles. The third kappa shape index (κ3) is 4.14. The smallest absolute Gasteiger partial charge is 0.290 e. The zero-order valence-corrected chi connectivity index (χ0v) is 9.78. The minimum Gasteiger partial charge on any atom is -0.290 e. The molecule has 0 aliphatic rings. The van der Waals surface area contributed by atoms with Gasteiger partial charge in [-0.15, -0.1) is 0 Å². The monoisotopic (exact) mass is 230 g/mol. The van der Waals surface area contributed by atoms with E-state index in [-0.39, 0.29) is 0 Å². The average Bonchev–Trinajstić information content (AvgIpc) is 2.30. The minimum atomic E-state index is -3.32. The normalized spacial score (nSPS) is 11.6. The summed E-state index contributed by atoms with van der Waals surface area (Å²) in [5.41, 5.74) is 1.12. The Bertz CT molecular complexity index is 317. The quantitative estimate of drug-likeness (QED) is 0.705. The van der Waals surface area contributed by atoms with Gasteiger partial charge in [0.15, 0.2) is 0 Å². The highest BCUT2D eigenvalue weighted by atomic mass is 31.2. The molecule has 0 bridgehead atoms. The maximum absolute atomic E-state index is 11.5. The van der Waals surface area contributed by atoms with Crippen molar-refractivity contribution < 1.29 is 18.1 Å². The van der Waals surface area contributed by atoms with Crippen LogP contribution in [0, 0.1) is 0 Å². The number of rotatable bonds is 6. The molecule has 5 heteroatoms. The number of hydrogen-bond donors (Lipinski definition) is 0. The summed E-state index contributed by atoms with van der Waals surface area (Å²) in [4.78, 5) is 0. The van der Waals surface area contributed by atoms with Crippen LogP contribution in [0.3, 0.4) is 0 Å². The van der Waals surface area contributed by atoms with E-state index < -0.39 is 7.82 Å². The second kappa shape index (κ2) is 6.03. The topological polar surface area (TPSA) is 44.8 Å². The van der Waals surface area contributed by atoms with E-state index in [1.54, 1.807) is 0 Å². The number of benzene rings is 1. The Morgan fingerprint density at radius 3 is 2.27 bits per heavy atom. The highest BCUT2D eigenvalue weighted by Crippen LogP contribution is 2.47. The molecular weight excluding hydrogens is 215 g/mol. The van der Waals surface area contributed by atoms with E-state index in [1.165, 1.54) is 14.2 Å². The molecule has 0 aliphatic heterocycles. The van der Waals surface area contributed by atoms with Crippen molar-refractivity contribution in [1.82, 2.24) is 0 Å². The van der Waals surface area contributed by atoms with Crippen LogP contribution < -0.4 is 0 Å². The van der Waals surface area contributed by atoms with Crippen molar-refractivity contribution in [3.63, 3.8) is 0 Å². The molecule has 0 saturated carbocycles. The first kappa shape index (κ1) is 12.4. The van der Waals surface area contributed by atoms with E-state index in [2.05, 4.69) is 9.05 Å². The van der Waals surface area contributed by atoms with Crippen LogP contribution in [-0.2, 0) is 24.6 Å². The first-order valence-electron chi connectivity index (χ1n) is 4.60. The summed E-state index contributed by atoms with van der Waals surface area (Å²) in [5.74, 6) is 0. The summed E-state index contributed by atoms with van der Waals surface area (Å²) in [6.07, 6.45) is 0.678. The van der Waals surface area contributed by atoms with E-state index >= 15 is 0 Å². The van der Waals surface area contributed by atoms with Gasteiger partial charge in [-0.25, -0.2) is 4.57 Å². The SMILES string of the molecule is COP(=O)(OC)OCCc1ccccc1. The van der Waals surface area contributed by atoms with Gasteiger partial charge in [-0.05, 0) is 12.0 Å². The molecule has 0 saturated heterocycles. The summed E-state index contributed by atoms with van der Waals surface area (Å²) in [7, 11) is -0.721. The van der Waals surface area contributed by atoms with Gasteiger partial charge in [-0.3, -0.25) is 13.6 Å². The Morgan fingerprint density at radius 2 is 1.73 bits per heavy atom. The maximum Gasteiger partial charge on any atom is 0.474 e. The van der Waals surface area contributed by atoms with Crippen LogP contribution in [0.2, 0.25) is 0 Å². The van der Waals surface area contributed by atoms with Crippen molar-refractivity contribution in [3.05, 3.63) is 35.9 Å². The van der Waals surface area contributed by atoms with Crippen molar-refractivity contribution in [2.24, 2.45) is 0 Å². The summed E-state index contributed by atoms with van der Waals surface area (Å²) < 4.78 is 25.8. The van der Waals surface area contributed by atoms with Crippen LogP contribution in [0.5, 0.6) is 0 Å². The molecule has 15 heavy (non-hydrogen) atoms. The van der Waals surface area contributed by atoms with Gasteiger partial charge < -0.3 is 0 Å². The molecule has 0 fully saturated rings.